The normalized spacial score (nSPS) is 23.4. The number of ether oxygens (including phenoxy) is 1. The lowest BCUT2D eigenvalue weighted by atomic mass is 9.85. The zero-order valence-electron chi connectivity index (χ0n) is 14.3. The highest BCUT2D eigenvalue weighted by Crippen LogP contribution is 2.39. The van der Waals surface area contributed by atoms with Gasteiger partial charge in [0.15, 0.2) is 11.6 Å². The molecule has 3 rings (SSSR count). The molecule has 7 heteroatoms. The fourth-order valence-electron chi connectivity index (χ4n) is 4.04. The van der Waals surface area contributed by atoms with Crippen LogP contribution in [0.15, 0.2) is 18.2 Å². The first-order chi connectivity index (χ1) is 12.0. The maximum absolute atomic E-state index is 14.5. The first-order valence-electron chi connectivity index (χ1n) is 8.60. The summed E-state index contributed by atoms with van der Waals surface area (Å²) in [6.07, 6.45) is 2.61. The average molecular weight is 350 g/mol. The van der Waals surface area contributed by atoms with Crippen molar-refractivity contribution in [3.63, 3.8) is 0 Å². The molecule has 1 aromatic rings. The van der Waals surface area contributed by atoms with Crippen LogP contribution in [0.5, 0.6) is 5.75 Å². The Bertz CT molecular complexity index is 679. The first kappa shape index (κ1) is 17.7. The van der Waals surface area contributed by atoms with Crippen molar-refractivity contribution in [3.05, 3.63) is 29.6 Å². The number of aliphatic hydroxyl groups excluding tert-OH is 1. The third-order valence-corrected chi connectivity index (χ3v) is 5.22. The summed E-state index contributed by atoms with van der Waals surface area (Å²) in [4.78, 5) is 29.2. The van der Waals surface area contributed by atoms with Gasteiger partial charge in [-0.1, -0.05) is 6.07 Å². The van der Waals surface area contributed by atoms with E-state index in [2.05, 4.69) is 0 Å². The maximum Gasteiger partial charge on any atom is 0.257 e. The van der Waals surface area contributed by atoms with Crippen molar-refractivity contribution in [1.82, 2.24) is 9.80 Å². The second kappa shape index (κ2) is 7.00. The second-order valence-electron chi connectivity index (χ2n) is 6.53. The van der Waals surface area contributed by atoms with Gasteiger partial charge in [-0.3, -0.25) is 9.59 Å². The number of likely N-dealkylation sites (tertiary alicyclic amines) is 2. The summed E-state index contributed by atoms with van der Waals surface area (Å²) in [7, 11) is 1.35. The predicted molar refractivity (Wildman–Crippen MR) is 88.9 cm³/mol. The molecule has 136 valence electrons. The van der Waals surface area contributed by atoms with Crippen molar-refractivity contribution >= 4 is 11.8 Å². The summed E-state index contributed by atoms with van der Waals surface area (Å²) in [5.74, 6) is -1.31. The van der Waals surface area contributed by atoms with Gasteiger partial charge in [0.05, 0.1) is 19.3 Å². The van der Waals surface area contributed by atoms with Crippen molar-refractivity contribution < 1.29 is 23.8 Å². The van der Waals surface area contributed by atoms with E-state index in [-0.39, 0.29) is 30.4 Å². The molecule has 25 heavy (non-hydrogen) atoms. The van der Waals surface area contributed by atoms with Gasteiger partial charge in [0.25, 0.3) is 5.91 Å². The minimum atomic E-state index is -0.917. The molecule has 2 saturated heterocycles. The van der Waals surface area contributed by atoms with Crippen molar-refractivity contribution in [3.8, 4) is 5.75 Å². The van der Waals surface area contributed by atoms with Crippen LogP contribution >= 0.6 is 0 Å². The van der Waals surface area contributed by atoms with Gasteiger partial charge in [0, 0.05) is 19.6 Å². The van der Waals surface area contributed by atoms with E-state index in [1.54, 1.807) is 11.0 Å². The summed E-state index contributed by atoms with van der Waals surface area (Å²) in [6.45, 7) is 1.15. The number of hydrogen-bond donors (Lipinski definition) is 1. The van der Waals surface area contributed by atoms with Gasteiger partial charge in [-0.25, -0.2) is 4.39 Å². The van der Waals surface area contributed by atoms with E-state index in [0.29, 0.717) is 32.4 Å². The van der Waals surface area contributed by atoms with Gasteiger partial charge in [-0.05, 0) is 37.8 Å². The van der Waals surface area contributed by atoms with Gasteiger partial charge in [-0.15, -0.1) is 0 Å². The molecule has 0 bridgehead atoms. The Morgan fingerprint density at radius 3 is 2.72 bits per heavy atom. The predicted octanol–water partition coefficient (Wildman–Crippen LogP) is 1.42. The Balaban J connectivity index is 1.93. The molecule has 1 aromatic carbocycles. The van der Waals surface area contributed by atoms with Crippen LogP contribution in [0, 0.1) is 5.82 Å². The fourth-order valence-corrected chi connectivity index (χ4v) is 4.04. The number of hydrogen-bond acceptors (Lipinski definition) is 4. The van der Waals surface area contributed by atoms with Gasteiger partial charge in [0.1, 0.15) is 5.54 Å². The molecule has 0 radical (unpaired) electrons. The Kier molecular flexibility index (Phi) is 4.94. The van der Waals surface area contributed by atoms with E-state index in [9.17, 15) is 19.1 Å². The molecule has 2 heterocycles. The SMILES string of the molecule is COc1cccc(C(=O)N2CCCC23CCCN(CCO)C3=O)c1F. The van der Waals surface area contributed by atoms with E-state index in [4.69, 9.17) is 4.74 Å². The molecular weight excluding hydrogens is 327 g/mol. The lowest BCUT2D eigenvalue weighted by molar-refractivity contribution is -0.146. The zero-order valence-corrected chi connectivity index (χ0v) is 14.3. The Labute approximate surface area is 146 Å². The minimum Gasteiger partial charge on any atom is -0.494 e. The molecule has 2 amide bonds. The number of carbonyl (C=O) groups is 2. The van der Waals surface area contributed by atoms with Gasteiger partial charge < -0.3 is 19.6 Å². The molecule has 0 aliphatic carbocycles. The van der Waals surface area contributed by atoms with Crippen LogP contribution in [-0.4, -0.2) is 65.6 Å². The standard InChI is InChI=1S/C18H23FN2O4/c1-25-14-6-2-5-13(15(14)19)16(23)21-10-4-8-18(21)7-3-9-20(11-12-22)17(18)24/h2,5-6,22H,3-4,7-12H2,1H3. The number of benzene rings is 1. The van der Waals surface area contributed by atoms with Crippen LogP contribution in [0.2, 0.25) is 0 Å². The van der Waals surface area contributed by atoms with Crippen molar-refractivity contribution in [2.45, 2.75) is 31.2 Å². The van der Waals surface area contributed by atoms with Crippen molar-refractivity contribution in [1.29, 1.82) is 0 Å². The first-order valence-corrected chi connectivity index (χ1v) is 8.60. The summed E-state index contributed by atoms with van der Waals surface area (Å²) in [5, 5.41) is 9.18. The molecule has 0 saturated carbocycles. The molecule has 6 nitrogen and oxygen atoms in total. The van der Waals surface area contributed by atoms with Crippen LogP contribution in [0.1, 0.15) is 36.0 Å². The number of rotatable bonds is 4. The number of piperidine rings is 1. The van der Waals surface area contributed by atoms with Gasteiger partial charge >= 0.3 is 0 Å². The van der Waals surface area contributed by atoms with Crippen molar-refractivity contribution in [2.24, 2.45) is 0 Å². The Hall–Kier alpha value is -2.15. The van der Waals surface area contributed by atoms with Crippen LogP contribution in [-0.2, 0) is 4.79 Å². The monoisotopic (exact) mass is 350 g/mol. The molecule has 2 aliphatic heterocycles. The molecule has 1 atom stereocenters. The number of amides is 2. The maximum atomic E-state index is 14.5. The lowest BCUT2D eigenvalue weighted by Crippen LogP contribution is -2.61. The summed E-state index contributed by atoms with van der Waals surface area (Å²) < 4.78 is 19.5. The molecule has 2 aliphatic rings. The molecule has 2 fully saturated rings. The summed E-state index contributed by atoms with van der Waals surface area (Å²) in [6, 6.07) is 4.45. The summed E-state index contributed by atoms with van der Waals surface area (Å²) >= 11 is 0. The number of halogens is 1. The minimum absolute atomic E-state index is 0.0102. The number of methoxy groups -OCH3 is 1. The lowest BCUT2D eigenvalue weighted by Gasteiger charge is -2.44. The van der Waals surface area contributed by atoms with E-state index < -0.39 is 17.3 Å². The van der Waals surface area contributed by atoms with E-state index in [0.717, 1.165) is 6.42 Å². The second-order valence-corrected chi connectivity index (χ2v) is 6.53. The summed E-state index contributed by atoms with van der Waals surface area (Å²) in [5.41, 5.74) is -0.993. The fraction of sp³-hybridized carbons (Fsp3) is 0.556. The molecule has 1 N–H and O–H groups in total. The highest BCUT2D eigenvalue weighted by Gasteiger charge is 2.52. The highest BCUT2D eigenvalue weighted by atomic mass is 19.1. The van der Waals surface area contributed by atoms with Crippen LogP contribution in [0.3, 0.4) is 0 Å². The molecule has 1 spiro atoms. The number of aliphatic hydroxyl groups is 1. The van der Waals surface area contributed by atoms with Crippen molar-refractivity contribution in [2.75, 3.05) is 33.4 Å². The topological polar surface area (TPSA) is 70.1 Å². The zero-order chi connectivity index (χ0) is 18.0. The van der Waals surface area contributed by atoms with Gasteiger partial charge in [-0.2, -0.15) is 0 Å². The van der Waals surface area contributed by atoms with Crippen LogP contribution in [0.25, 0.3) is 0 Å². The molecule has 0 aromatic heterocycles. The van der Waals surface area contributed by atoms with Gasteiger partial charge in [0.2, 0.25) is 5.91 Å². The third kappa shape index (κ3) is 2.86. The average Bonchev–Trinajstić information content (AvgIpc) is 3.03. The Morgan fingerprint density at radius 2 is 2.04 bits per heavy atom. The smallest absolute Gasteiger partial charge is 0.257 e. The molecule has 1 unspecified atom stereocenters. The molecular formula is C18H23FN2O4. The third-order valence-electron chi connectivity index (χ3n) is 5.22. The van der Waals surface area contributed by atoms with Crippen LogP contribution < -0.4 is 4.74 Å². The van der Waals surface area contributed by atoms with Crippen LogP contribution in [0.4, 0.5) is 4.39 Å². The number of nitrogens with zero attached hydrogens (tertiary/aromatic N) is 2. The van der Waals surface area contributed by atoms with E-state index in [1.807, 2.05) is 0 Å². The Morgan fingerprint density at radius 1 is 1.32 bits per heavy atom. The number of β-amino-alcohol motifs (C(OH)–C–C–N with tert-alkyl or cyclic N) is 1. The number of carbonyl (C=O) groups excluding carboxylic acids is 2. The quantitative estimate of drug-likeness (QED) is 0.892. The van der Waals surface area contributed by atoms with E-state index >= 15 is 0 Å². The largest absolute Gasteiger partial charge is 0.494 e. The highest BCUT2D eigenvalue weighted by molar-refractivity contribution is 6.00. The van der Waals surface area contributed by atoms with E-state index in [1.165, 1.54) is 24.1 Å².